The third kappa shape index (κ3) is 4.34. The molecular formula is C21H19Cl2N3O4S. The average molecular weight is 480 g/mol. The summed E-state index contributed by atoms with van der Waals surface area (Å²) in [7, 11) is -3.82. The lowest BCUT2D eigenvalue weighted by Crippen LogP contribution is -2.50. The van der Waals surface area contributed by atoms with Gasteiger partial charge in [0.05, 0.1) is 5.02 Å². The van der Waals surface area contributed by atoms with Crippen molar-refractivity contribution in [1.29, 1.82) is 0 Å². The lowest BCUT2D eigenvalue weighted by atomic mass is 10.2. The first-order valence-corrected chi connectivity index (χ1v) is 11.7. The van der Waals surface area contributed by atoms with Crippen molar-refractivity contribution in [3.63, 3.8) is 0 Å². The van der Waals surface area contributed by atoms with Crippen molar-refractivity contribution in [2.24, 2.45) is 0 Å². The van der Waals surface area contributed by atoms with E-state index in [1.807, 2.05) is 30.3 Å². The molecule has 4 rings (SSSR count). The molecule has 1 fully saturated rings. The van der Waals surface area contributed by atoms with Crippen LogP contribution in [0.15, 0.2) is 57.8 Å². The summed E-state index contributed by atoms with van der Waals surface area (Å²) in [6.45, 7) is 2.42. The van der Waals surface area contributed by atoms with Crippen LogP contribution in [-0.2, 0) is 10.0 Å². The molecule has 0 aliphatic carbocycles. The van der Waals surface area contributed by atoms with Crippen molar-refractivity contribution in [3.05, 3.63) is 70.0 Å². The normalized spacial score (nSPS) is 15.3. The number of benzene rings is 2. The Morgan fingerprint density at radius 3 is 2.39 bits per heavy atom. The van der Waals surface area contributed by atoms with Crippen LogP contribution in [0.25, 0.3) is 11.5 Å². The Morgan fingerprint density at radius 1 is 1.03 bits per heavy atom. The number of carbonyl (C=O) groups excluding carboxylic acids is 1. The van der Waals surface area contributed by atoms with Gasteiger partial charge >= 0.3 is 0 Å². The number of halogens is 2. The summed E-state index contributed by atoms with van der Waals surface area (Å²) in [6, 6.07) is 13.6. The molecule has 10 heteroatoms. The Morgan fingerprint density at radius 2 is 1.71 bits per heavy atom. The highest BCUT2D eigenvalue weighted by Gasteiger charge is 2.33. The van der Waals surface area contributed by atoms with E-state index in [0.717, 1.165) is 5.56 Å². The zero-order valence-electron chi connectivity index (χ0n) is 16.6. The van der Waals surface area contributed by atoms with E-state index in [2.05, 4.69) is 4.98 Å². The van der Waals surface area contributed by atoms with E-state index in [4.69, 9.17) is 27.6 Å². The predicted octanol–water partition coefficient (Wildman–Crippen LogP) is 4.10. The Hall–Kier alpha value is -2.39. The number of rotatable bonds is 4. The van der Waals surface area contributed by atoms with Gasteiger partial charge in [0.1, 0.15) is 10.7 Å². The first-order chi connectivity index (χ1) is 14.8. The van der Waals surface area contributed by atoms with Crippen LogP contribution in [0.3, 0.4) is 0 Å². The summed E-state index contributed by atoms with van der Waals surface area (Å²) in [4.78, 5) is 18.9. The molecule has 0 radical (unpaired) electrons. The molecule has 162 valence electrons. The maximum Gasteiger partial charge on any atom is 0.276 e. The van der Waals surface area contributed by atoms with Crippen LogP contribution in [0.1, 0.15) is 16.2 Å². The number of hydrogen-bond acceptors (Lipinski definition) is 5. The van der Waals surface area contributed by atoms with Gasteiger partial charge in [0.25, 0.3) is 5.91 Å². The summed E-state index contributed by atoms with van der Waals surface area (Å²) < 4.78 is 32.9. The predicted molar refractivity (Wildman–Crippen MR) is 118 cm³/mol. The standard InChI is InChI=1S/C21H19Cl2N3O4S/c1-14-19(24-20(30-14)15-5-3-2-4-6-15)21(27)25-9-11-26(12-10-25)31(28,29)18-13-16(22)7-8-17(18)23/h2-8,13H,9-12H2,1H3. The van der Waals surface area contributed by atoms with Crippen LogP contribution in [0.2, 0.25) is 10.0 Å². The molecule has 0 spiro atoms. The van der Waals surface area contributed by atoms with Gasteiger partial charge in [-0.1, -0.05) is 41.4 Å². The topological polar surface area (TPSA) is 83.7 Å². The number of aromatic nitrogens is 1. The molecular weight excluding hydrogens is 461 g/mol. The van der Waals surface area contributed by atoms with Gasteiger partial charge in [-0.25, -0.2) is 13.4 Å². The van der Waals surface area contributed by atoms with Crippen LogP contribution in [0.5, 0.6) is 0 Å². The van der Waals surface area contributed by atoms with Crippen LogP contribution in [-0.4, -0.2) is 54.7 Å². The zero-order valence-corrected chi connectivity index (χ0v) is 18.9. The summed E-state index contributed by atoms with van der Waals surface area (Å²) in [5, 5.41) is 0.391. The number of nitrogens with zero attached hydrogens (tertiary/aromatic N) is 3. The summed E-state index contributed by atoms with van der Waals surface area (Å²) in [5.41, 5.74) is 1.01. The lowest BCUT2D eigenvalue weighted by Gasteiger charge is -2.33. The monoisotopic (exact) mass is 479 g/mol. The van der Waals surface area contributed by atoms with Gasteiger partial charge in [-0.3, -0.25) is 4.79 Å². The molecule has 31 heavy (non-hydrogen) atoms. The van der Waals surface area contributed by atoms with Gasteiger partial charge in [0, 0.05) is 36.8 Å². The molecule has 1 aromatic heterocycles. The van der Waals surface area contributed by atoms with Crippen LogP contribution >= 0.6 is 23.2 Å². The maximum atomic E-state index is 13.0. The highest BCUT2D eigenvalue weighted by Crippen LogP contribution is 2.29. The molecule has 1 aliphatic rings. The van der Waals surface area contributed by atoms with E-state index < -0.39 is 10.0 Å². The van der Waals surface area contributed by atoms with Crippen molar-refractivity contribution < 1.29 is 17.6 Å². The molecule has 2 aromatic carbocycles. The minimum Gasteiger partial charge on any atom is -0.441 e. The van der Waals surface area contributed by atoms with Crippen LogP contribution in [0, 0.1) is 6.92 Å². The Balaban J connectivity index is 1.48. The number of carbonyl (C=O) groups is 1. The molecule has 1 saturated heterocycles. The van der Waals surface area contributed by atoms with Gasteiger partial charge < -0.3 is 9.32 Å². The van der Waals surface area contributed by atoms with Gasteiger partial charge in [-0.05, 0) is 37.3 Å². The third-order valence-electron chi connectivity index (χ3n) is 5.06. The largest absolute Gasteiger partial charge is 0.441 e. The quantitative estimate of drug-likeness (QED) is 0.562. The van der Waals surface area contributed by atoms with Gasteiger partial charge in [-0.15, -0.1) is 0 Å². The molecule has 0 saturated carbocycles. The molecule has 3 aromatic rings. The minimum absolute atomic E-state index is 0.0405. The number of piperazine rings is 1. The van der Waals surface area contributed by atoms with Crippen molar-refractivity contribution in [3.8, 4) is 11.5 Å². The summed E-state index contributed by atoms with van der Waals surface area (Å²) in [6.07, 6.45) is 0. The number of hydrogen-bond donors (Lipinski definition) is 0. The minimum atomic E-state index is -3.82. The molecule has 0 atom stereocenters. The summed E-state index contributed by atoms with van der Waals surface area (Å²) >= 11 is 12.0. The van der Waals surface area contributed by atoms with E-state index in [9.17, 15) is 13.2 Å². The van der Waals surface area contributed by atoms with Gasteiger partial charge in [0.2, 0.25) is 15.9 Å². The number of aryl methyl sites for hydroxylation is 1. The van der Waals surface area contributed by atoms with E-state index >= 15 is 0 Å². The van der Waals surface area contributed by atoms with E-state index in [1.165, 1.54) is 22.5 Å². The van der Waals surface area contributed by atoms with Crippen molar-refractivity contribution in [1.82, 2.24) is 14.2 Å². The zero-order chi connectivity index (χ0) is 22.2. The van der Waals surface area contributed by atoms with Crippen LogP contribution < -0.4 is 0 Å². The molecule has 0 bridgehead atoms. The molecule has 7 nitrogen and oxygen atoms in total. The number of sulfonamides is 1. The fraction of sp³-hybridized carbons (Fsp3) is 0.238. The Labute approximate surface area is 190 Å². The summed E-state index contributed by atoms with van der Waals surface area (Å²) in [5.74, 6) is 0.504. The molecule has 0 unspecified atom stereocenters. The molecule has 0 N–H and O–H groups in total. The third-order valence-corrected chi connectivity index (χ3v) is 7.67. The fourth-order valence-corrected chi connectivity index (χ4v) is 5.55. The number of amides is 1. The number of oxazole rings is 1. The second kappa shape index (κ2) is 8.63. The second-order valence-electron chi connectivity index (χ2n) is 7.06. The first kappa shape index (κ1) is 21.8. The van der Waals surface area contributed by atoms with Crippen LogP contribution in [0.4, 0.5) is 0 Å². The molecule has 1 amide bonds. The SMILES string of the molecule is Cc1oc(-c2ccccc2)nc1C(=O)N1CCN(S(=O)(=O)c2cc(Cl)ccc2Cl)CC1. The molecule has 2 heterocycles. The lowest BCUT2D eigenvalue weighted by molar-refractivity contribution is 0.0691. The van der Waals surface area contributed by atoms with Crippen molar-refractivity contribution in [2.45, 2.75) is 11.8 Å². The first-order valence-electron chi connectivity index (χ1n) is 9.54. The smallest absolute Gasteiger partial charge is 0.276 e. The maximum absolute atomic E-state index is 13.0. The second-order valence-corrected chi connectivity index (χ2v) is 9.81. The molecule has 1 aliphatic heterocycles. The fourth-order valence-electron chi connectivity index (χ4n) is 3.39. The Bertz CT molecular complexity index is 1220. The van der Waals surface area contributed by atoms with E-state index in [1.54, 1.807) is 11.8 Å². The van der Waals surface area contributed by atoms with Gasteiger partial charge in [0.15, 0.2) is 5.69 Å². The van der Waals surface area contributed by atoms with Crippen molar-refractivity contribution in [2.75, 3.05) is 26.2 Å². The van der Waals surface area contributed by atoms with E-state index in [-0.39, 0.29) is 52.7 Å². The average Bonchev–Trinajstić information content (AvgIpc) is 3.17. The van der Waals surface area contributed by atoms with Crippen molar-refractivity contribution >= 4 is 39.1 Å². The Kier molecular flexibility index (Phi) is 6.07. The van der Waals surface area contributed by atoms with Gasteiger partial charge in [-0.2, -0.15) is 4.31 Å². The van der Waals surface area contributed by atoms with E-state index in [0.29, 0.717) is 11.7 Å². The highest BCUT2D eigenvalue weighted by molar-refractivity contribution is 7.89. The highest BCUT2D eigenvalue weighted by atomic mass is 35.5.